The average Bonchev–Trinajstić information content (AvgIpc) is 3.21. The first-order valence-corrected chi connectivity index (χ1v) is 7.03. The number of urea groups is 1. The highest BCUT2D eigenvalue weighted by Gasteiger charge is 2.27. The van der Waals surface area contributed by atoms with E-state index in [0.717, 1.165) is 12.8 Å². The Morgan fingerprint density at radius 3 is 2.48 bits per heavy atom. The molecule has 0 aromatic heterocycles. The number of ether oxygens (including phenoxy) is 1. The van der Waals surface area contributed by atoms with Gasteiger partial charge in [0.1, 0.15) is 12.1 Å². The van der Waals surface area contributed by atoms with E-state index in [1.165, 1.54) is 7.11 Å². The first kappa shape index (κ1) is 17.2. The number of carbonyl (C=O) groups excluding carboxylic acids is 2. The van der Waals surface area contributed by atoms with Gasteiger partial charge >= 0.3 is 12.0 Å². The largest absolute Gasteiger partial charge is 0.480 e. The number of aliphatic carboxylic acids is 1. The highest BCUT2D eigenvalue weighted by atomic mass is 16.5. The molecule has 0 aromatic rings. The molecule has 0 saturated heterocycles. The van der Waals surface area contributed by atoms with E-state index in [-0.39, 0.29) is 18.4 Å². The number of carboxylic acid groups (broad SMARTS) is 1. The molecule has 0 spiro atoms. The Bertz CT molecular complexity index is 384. The maximum Gasteiger partial charge on any atom is 0.326 e. The number of methoxy groups -OCH3 is 1. The van der Waals surface area contributed by atoms with E-state index >= 15 is 0 Å². The van der Waals surface area contributed by atoms with Gasteiger partial charge in [-0.2, -0.15) is 0 Å². The Labute approximate surface area is 123 Å². The molecule has 3 amide bonds. The number of hydrogen-bond acceptors (Lipinski definition) is 4. The van der Waals surface area contributed by atoms with Crippen LogP contribution in [0.2, 0.25) is 0 Å². The molecule has 8 nitrogen and oxygen atoms in total. The minimum atomic E-state index is -1.11. The summed E-state index contributed by atoms with van der Waals surface area (Å²) in [6.45, 7) is 1.98. The van der Waals surface area contributed by atoms with Crippen molar-refractivity contribution in [3.8, 4) is 0 Å². The summed E-state index contributed by atoms with van der Waals surface area (Å²) in [6, 6.07) is -2.17. The molecule has 120 valence electrons. The van der Waals surface area contributed by atoms with Gasteiger partial charge in [0.2, 0.25) is 5.91 Å². The SMILES string of the molecule is COCCCC(NC(=O)NC(C)C(=O)NC1CC1)C(=O)O. The van der Waals surface area contributed by atoms with Crippen LogP contribution in [0.4, 0.5) is 4.79 Å². The van der Waals surface area contributed by atoms with Gasteiger partial charge in [-0.05, 0) is 32.6 Å². The molecule has 0 aliphatic heterocycles. The Morgan fingerprint density at radius 1 is 1.29 bits per heavy atom. The summed E-state index contributed by atoms with van der Waals surface area (Å²) in [7, 11) is 1.52. The van der Waals surface area contributed by atoms with Gasteiger partial charge in [0, 0.05) is 19.8 Å². The molecule has 0 bridgehead atoms. The summed E-state index contributed by atoms with van der Waals surface area (Å²) >= 11 is 0. The zero-order valence-electron chi connectivity index (χ0n) is 12.3. The molecule has 4 N–H and O–H groups in total. The molecule has 1 aliphatic rings. The quantitative estimate of drug-likeness (QED) is 0.441. The van der Waals surface area contributed by atoms with E-state index in [9.17, 15) is 14.4 Å². The van der Waals surface area contributed by atoms with Crippen molar-refractivity contribution in [2.75, 3.05) is 13.7 Å². The second-order valence-corrected chi connectivity index (χ2v) is 5.15. The highest BCUT2D eigenvalue weighted by Crippen LogP contribution is 2.18. The molecule has 0 radical (unpaired) electrons. The van der Waals surface area contributed by atoms with Crippen LogP contribution in [0.15, 0.2) is 0 Å². The van der Waals surface area contributed by atoms with Gasteiger partial charge in [0.25, 0.3) is 0 Å². The predicted octanol–water partition coefficient (Wildman–Crippen LogP) is -0.167. The fourth-order valence-electron chi connectivity index (χ4n) is 1.71. The van der Waals surface area contributed by atoms with Gasteiger partial charge in [-0.15, -0.1) is 0 Å². The highest BCUT2D eigenvalue weighted by molar-refractivity contribution is 5.88. The number of carboxylic acids is 1. The maximum atomic E-state index is 11.7. The summed E-state index contributed by atoms with van der Waals surface area (Å²) in [5, 5.41) is 16.6. The van der Waals surface area contributed by atoms with Gasteiger partial charge in [-0.1, -0.05) is 0 Å². The van der Waals surface area contributed by atoms with E-state index in [4.69, 9.17) is 9.84 Å². The lowest BCUT2D eigenvalue weighted by atomic mass is 10.1. The number of hydrogen-bond donors (Lipinski definition) is 4. The van der Waals surface area contributed by atoms with Crippen molar-refractivity contribution in [3.63, 3.8) is 0 Å². The van der Waals surface area contributed by atoms with Crippen molar-refractivity contribution >= 4 is 17.9 Å². The topological polar surface area (TPSA) is 117 Å². The Hall–Kier alpha value is -1.83. The van der Waals surface area contributed by atoms with E-state index in [0.29, 0.717) is 13.0 Å². The minimum Gasteiger partial charge on any atom is -0.480 e. The number of amides is 3. The molecular formula is C13H23N3O5. The van der Waals surface area contributed by atoms with Gasteiger partial charge in [0.05, 0.1) is 0 Å². The Kier molecular flexibility index (Phi) is 6.93. The number of carbonyl (C=O) groups is 3. The molecule has 1 fully saturated rings. The summed E-state index contributed by atoms with van der Waals surface area (Å²) in [5.41, 5.74) is 0. The summed E-state index contributed by atoms with van der Waals surface area (Å²) < 4.78 is 4.84. The first-order chi connectivity index (χ1) is 9.93. The van der Waals surface area contributed by atoms with Crippen LogP contribution in [-0.2, 0) is 14.3 Å². The first-order valence-electron chi connectivity index (χ1n) is 7.03. The van der Waals surface area contributed by atoms with Crippen molar-refractivity contribution in [2.24, 2.45) is 0 Å². The van der Waals surface area contributed by atoms with Crippen LogP contribution in [0.25, 0.3) is 0 Å². The summed E-state index contributed by atoms with van der Waals surface area (Å²) in [6.07, 6.45) is 2.71. The number of nitrogens with one attached hydrogen (secondary N) is 3. The minimum absolute atomic E-state index is 0.214. The molecule has 1 rings (SSSR count). The second kappa shape index (κ2) is 8.46. The van der Waals surface area contributed by atoms with Crippen LogP contribution in [0.5, 0.6) is 0 Å². The molecule has 2 atom stereocenters. The zero-order chi connectivity index (χ0) is 15.8. The molecule has 1 aliphatic carbocycles. The van der Waals surface area contributed by atoms with Crippen LogP contribution < -0.4 is 16.0 Å². The number of rotatable bonds is 9. The normalized spacial score (nSPS) is 16.7. The summed E-state index contributed by atoms with van der Waals surface area (Å²) in [5.74, 6) is -1.38. The lowest BCUT2D eigenvalue weighted by molar-refractivity contribution is -0.139. The second-order valence-electron chi connectivity index (χ2n) is 5.15. The van der Waals surface area contributed by atoms with Crippen LogP contribution in [0.1, 0.15) is 32.6 Å². The molecule has 0 heterocycles. The molecule has 0 aromatic carbocycles. The Balaban J connectivity index is 2.33. The summed E-state index contributed by atoms with van der Waals surface area (Å²) in [4.78, 5) is 34.4. The van der Waals surface area contributed by atoms with E-state index in [1.807, 2.05) is 0 Å². The van der Waals surface area contributed by atoms with Gasteiger partial charge in [-0.3, -0.25) is 4.79 Å². The van der Waals surface area contributed by atoms with Crippen LogP contribution in [0, 0.1) is 0 Å². The molecule has 2 unspecified atom stereocenters. The Morgan fingerprint density at radius 2 is 1.95 bits per heavy atom. The van der Waals surface area contributed by atoms with E-state index in [2.05, 4.69) is 16.0 Å². The zero-order valence-corrected chi connectivity index (χ0v) is 12.3. The van der Waals surface area contributed by atoms with Crippen molar-refractivity contribution in [2.45, 2.75) is 50.7 Å². The van der Waals surface area contributed by atoms with Crippen LogP contribution in [0.3, 0.4) is 0 Å². The third-order valence-electron chi connectivity index (χ3n) is 3.11. The lowest BCUT2D eigenvalue weighted by Crippen LogP contribution is -2.52. The van der Waals surface area contributed by atoms with Crippen molar-refractivity contribution in [3.05, 3.63) is 0 Å². The molecule has 1 saturated carbocycles. The smallest absolute Gasteiger partial charge is 0.326 e. The molecular weight excluding hydrogens is 278 g/mol. The molecule has 21 heavy (non-hydrogen) atoms. The maximum absolute atomic E-state index is 11.7. The average molecular weight is 301 g/mol. The van der Waals surface area contributed by atoms with Crippen LogP contribution in [-0.4, -0.2) is 54.9 Å². The van der Waals surface area contributed by atoms with Crippen molar-refractivity contribution < 1.29 is 24.2 Å². The predicted molar refractivity (Wildman–Crippen MR) is 74.8 cm³/mol. The van der Waals surface area contributed by atoms with Gasteiger partial charge < -0.3 is 25.8 Å². The fourth-order valence-corrected chi connectivity index (χ4v) is 1.71. The van der Waals surface area contributed by atoms with Crippen LogP contribution >= 0.6 is 0 Å². The standard InChI is InChI=1S/C13H23N3O5/c1-8(11(17)15-9-5-6-9)14-13(20)16-10(12(18)19)4-3-7-21-2/h8-10H,3-7H2,1-2H3,(H,15,17)(H,18,19)(H2,14,16,20). The van der Waals surface area contributed by atoms with E-state index < -0.39 is 24.1 Å². The van der Waals surface area contributed by atoms with Crippen molar-refractivity contribution in [1.29, 1.82) is 0 Å². The molecule has 8 heteroatoms. The fraction of sp³-hybridized carbons (Fsp3) is 0.769. The van der Waals surface area contributed by atoms with Gasteiger partial charge in [-0.25, -0.2) is 9.59 Å². The third kappa shape index (κ3) is 6.94. The van der Waals surface area contributed by atoms with E-state index in [1.54, 1.807) is 6.92 Å². The third-order valence-corrected chi connectivity index (χ3v) is 3.11. The van der Waals surface area contributed by atoms with Crippen molar-refractivity contribution in [1.82, 2.24) is 16.0 Å². The lowest BCUT2D eigenvalue weighted by Gasteiger charge is -2.18. The monoisotopic (exact) mass is 301 g/mol. The van der Waals surface area contributed by atoms with Gasteiger partial charge in [0.15, 0.2) is 0 Å².